The summed E-state index contributed by atoms with van der Waals surface area (Å²) < 4.78 is 0. The van der Waals surface area contributed by atoms with Gasteiger partial charge in [0.25, 0.3) is 0 Å². The van der Waals surface area contributed by atoms with Crippen molar-refractivity contribution in [1.82, 2.24) is 0 Å². The van der Waals surface area contributed by atoms with Crippen LogP contribution in [0.4, 0.5) is 0 Å². The van der Waals surface area contributed by atoms with Gasteiger partial charge in [-0.1, -0.05) is 15.9 Å². The van der Waals surface area contributed by atoms with Crippen molar-refractivity contribution in [3.63, 3.8) is 0 Å². The molecular formula is C7H11Br. The first-order valence-electron chi connectivity index (χ1n) is 3.46. The van der Waals surface area contributed by atoms with Crippen LogP contribution in [0.5, 0.6) is 0 Å². The van der Waals surface area contributed by atoms with Crippen LogP contribution in [0.25, 0.3) is 0 Å². The number of alkyl halides is 1. The molecule has 2 unspecified atom stereocenters. The molecule has 2 saturated carbocycles. The second-order valence-electron chi connectivity index (χ2n) is 3.25. The van der Waals surface area contributed by atoms with Crippen LogP contribution in [0.2, 0.25) is 0 Å². The monoisotopic (exact) mass is 174 g/mol. The lowest BCUT2D eigenvalue weighted by Crippen LogP contribution is -1.96. The number of hydrogen-bond acceptors (Lipinski definition) is 0. The van der Waals surface area contributed by atoms with Crippen LogP contribution in [0.3, 0.4) is 0 Å². The molecule has 0 bridgehead atoms. The van der Waals surface area contributed by atoms with Gasteiger partial charge >= 0.3 is 0 Å². The Kier molecular flexibility index (Phi) is 1.14. The van der Waals surface area contributed by atoms with Crippen LogP contribution in [-0.4, -0.2) is 5.33 Å². The van der Waals surface area contributed by atoms with Gasteiger partial charge in [-0.05, 0) is 37.0 Å². The molecule has 2 aliphatic carbocycles. The van der Waals surface area contributed by atoms with E-state index in [1.807, 2.05) is 0 Å². The van der Waals surface area contributed by atoms with E-state index in [-0.39, 0.29) is 0 Å². The number of hydrogen-bond donors (Lipinski definition) is 0. The Balaban J connectivity index is 1.89. The molecule has 0 aliphatic heterocycles. The quantitative estimate of drug-likeness (QED) is 0.537. The zero-order valence-corrected chi connectivity index (χ0v) is 6.52. The molecule has 0 radical (unpaired) electrons. The molecule has 0 N–H and O–H groups in total. The maximum Gasteiger partial charge on any atom is 0.00598 e. The van der Waals surface area contributed by atoms with Gasteiger partial charge < -0.3 is 0 Å². The molecular weight excluding hydrogens is 164 g/mol. The maximum absolute atomic E-state index is 3.52. The molecule has 0 nitrogen and oxygen atoms in total. The van der Waals surface area contributed by atoms with Crippen molar-refractivity contribution in [3.05, 3.63) is 0 Å². The molecule has 0 aromatic rings. The number of halogens is 1. The van der Waals surface area contributed by atoms with Crippen LogP contribution in [-0.2, 0) is 0 Å². The lowest BCUT2D eigenvalue weighted by molar-refractivity contribution is 0.547. The van der Waals surface area contributed by atoms with Gasteiger partial charge in [-0.2, -0.15) is 0 Å². The Morgan fingerprint density at radius 1 is 1.12 bits per heavy atom. The van der Waals surface area contributed by atoms with Crippen LogP contribution in [0.15, 0.2) is 0 Å². The highest BCUT2D eigenvalue weighted by atomic mass is 79.9. The SMILES string of the molecule is BrCC1CC2CC2C1. The molecule has 0 spiro atoms. The van der Waals surface area contributed by atoms with E-state index < -0.39 is 0 Å². The van der Waals surface area contributed by atoms with Crippen molar-refractivity contribution in [2.24, 2.45) is 17.8 Å². The summed E-state index contributed by atoms with van der Waals surface area (Å²) in [7, 11) is 0. The van der Waals surface area contributed by atoms with Gasteiger partial charge in [-0.25, -0.2) is 0 Å². The first-order valence-corrected chi connectivity index (χ1v) is 4.58. The normalized spacial score (nSPS) is 51.4. The molecule has 2 rings (SSSR count). The molecule has 0 aromatic carbocycles. The molecule has 1 heteroatoms. The predicted octanol–water partition coefficient (Wildman–Crippen LogP) is 2.43. The van der Waals surface area contributed by atoms with Gasteiger partial charge in [0.05, 0.1) is 0 Å². The highest BCUT2D eigenvalue weighted by Gasteiger charge is 2.44. The van der Waals surface area contributed by atoms with E-state index in [0.717, 1.165) is 17.8 Å². The Morgan fingerprint density at radius 3 is 2.12 bits per heavy atom. The van der Waals surface area contributed by atoms with E-state index >= 15 is 0 Å². The van der Waals surface area contributed by atoms with E-state index in [4.69, 9.17) is 0 Å². The van der Waals surface area contributed by atoms with Crippen molar-refractivity contribution >= 4 is 15.9 Å². The zero-order chi connectivity index (χ0) is 5.56. The molecule has 0 amide bonds. The topological polar surface area (TPSA) is 0 Å². The summed E-state index contributed by atoms with van der Waals surface area (Å²) in [5.74, 6) is 3.37. The molecule has 2 aliphatic rings. The molecule has 0 aromatic heterocycles. The van der Waals surface area contributed by atoms with E-state index in [1.54, 1.807) is 6.42 Å². The minimum atomic E-state index is 1.04. The van der Waals surface area contributed by atoms with E-state index in [0.29, 0.717) is 0 Å². The third-order valence-corrected chi connectivity index (χ3v) is 3.48. The second kappa shape index (κ2) is 1.73. The van der Waals surface area contributed by atoms with Gasteiger partial charge in [0.2, 0.25) is 0 Å². The first-order chi connectivity index (χ1) is 3.90. The summed E-state index contributed by atoms with van der Waals surface area (Å²) in [4.78, 5) is 0. The van der Waals surface area contributed by atoms with E-state index in [1.165, 1.54) is 18.2 Å². The molecule has 2 fully saturated rings. The first kappa shape index (κ1) is 5.28. The molecule has 46 valence electrons. The van der Waals surface area contributed by atoms with Crippen molar-refractivity contribution in [1.29, 1.82) is 0 Å². The largest absolute Gasteiger partial charge is 0.0925 e. The molecule has 2 atom stereocenters. The van der Waals surface area contributed by atoms with Crippen molar-refractivity contribution in [2.75, 3.05) is 5.33 Å². The van der Waals surface area contributed by atoms with Gasteiger partial charge in [0.15, 0.2) is 0 Å². The fourth-order valence-corrected chi connectivity index (χ4v) is 2.49. The highest BCUT2D eigenvalue weighted by Crippen LogP contribution is 2.54. The fraction of sp³-hybridized carbons (Fsp3) is 1.00. The smallest absolute Gasteiger partial charge is 0.00598 e. The lowest BCUT2D eigenvalue weighted by Gasteiger charge is -2.03. The summed E-state index contributed by atoms with van der Waals surface area (Å²) in [5, 5.41) is 1.25. The maximum atomic E-state index is 3.52. The van der Waals surface area contributed by atoms with Crippen LogP contribution < -0.4 is 0 Å². The summed E-state index contributed by atoms with van der Waals surface area (Å²) in [6.07, 6.45) is 4.61. The number of rotatable bonds is 1. The second-order valence-corrected chi connectivity index (χ2v) is 3.90. The van der Waals surface area contributed by atoms with Crippen molar-refractivity contribution in [2.45, 2.75) is 19.3 Å². The Morgan fingerprint density at radius 2 is 1.75 bits per heavy atom. The van der Waals surface area contributed by atoms with Crippen LogP contribution in [0.1, 0.15) is 19.3 Å². The fourth-order valence-electron chi connectivity index (χ4n) is 1.97. The Bertz CT molecular complexity index is 90.6. The lowest BCUT2D eigenvalue weighted by atomic mass is 10.1. The highest BCUT2D eigenvalue weighted by molar-refractivity contribution is 9.09. The Hall–Kier alpha value is 0.480. The molecule has 0 saturated heterocycles. The third kappa shape index (κ3) is 0.717. The summed E-state index contributed by atoms with van der Waals surface area (Å²) in [6.45, 7) is 0. The van der Waals surface area contributed by atoms with E-state index in [9.17, 15) is 0 Å². The minimum absolute atomic E-state index is 1.04. The summed E-state index contributed by atoms with van der Waals surface area (Å²) in [6, 6.07) is 0. The van der Waals surface area contributed by atoms with Crippen molar-refractivity contribution in [3.8, 4) is 0 Å². The minimum Gasteiger partial charge on any atom is -0.0925 e. The molecule has 0 heterocycles. The predicted molar refractivity (Wildman–Crippen MR) is 38.1 cm³/mol. The standard InChI is InChI=1S/C7H11Br/c8-4-5-1-6-3-7(6)2-5/h5-7H,1-4H2. The van der Waals surface area contributed by atoms with Gasteiger partial charge in [0.1, 0.15) is 0 Å². The zero-order valence-electron chi connectivity index (χ0n) is 4.94. The average Bonchev–Trinajstić information content (AvgIpc) is 2.40. The third-order valence-electron chi connectivity index (χ3n) is 2.56. The average molecular weight is 175 g/mol. The van der Waals surface area contributed by atoms with Gasteiger partial charge in [-0.15, -0.1) is 0 Å². The van der Waals surface area contributed by atoms with Gasteiger partial charge in [0, 0.05) is 5.33 Å². The summed E-state index contributed by atoms with van der Waals surface area (Å²) in [5.41, 5.74) is 0. The summed E-state index contributed by atoms with van der Waals surface area (Å²) >= 11 is 3.52. The molecule has 8 heavy (non-hydrogen) atoms. The van der Waals surface area contributed by atoms with E-state index in [2.05, 4.69) is 15.9 Å². The Labute approximate surface area is 58.8 Å². The van der Waals surface area contributed by atoms with Crippen LogP contribution >= 0.6 is 15.9 Å². The van der Waals surface area contributed by atoms with Gasteiger partial charge in [-0.3, -0.25) is 0 Å². The van der Waals surface area contributed by atoms with Crippen molar-refractivity contribution < 1.29 is 0 Å². The number of fused-ring (bicyclic) bond motifs is 1. The van der Waals surface area contributed by atoms with Crippen LogP contribution in [0, 0.1) is 17.8 Å².